The molecule has 0 radical (unpaired) electrons. The highest BCUT2D eigenvalue weighted by Crippen LogP contribution is 2.32. The van der Waals surface area contributed by atoms with Crippen LogP contribution in [0.4, 0.5) is 5.69 Å². The van der Waals surface area contributed by atoms with Gasteiger partial charge in [0.1, 0.15) is 12.6 Å². The number of carbonyl (C=O) groups excluding carboxylic acids is 2. The van der Waals surface area contributed by atoms with Crippen LogP contribution < -0.4 is 19.1 Å². The Morgan fingerprint density at radius 2 is 1.59 bits per heavy atom. The summed E-state index contributed by atoms with van der Waals surface area (Å²) in [4.78, 5) is 28.3. The average molecular weight is 602 g/mol. The van der Waals surface area contributed by atoms with Crippen LogP contribution in [-0.2, 0) is 26.2 Å². The largest absolute Gasteiger partial charge is 0.493 e. The van der Waals surface area contributed by atoms with Crippen LogP contribution in [0.3, 0.4) is 0 Å². The number of carbonyl (C=O) groups is 2. The van der Waals surface area contributed by atoms with Gasteiger partial charge in [-0.2, -0.15) is 0 Å². The predicted molar refractivity (Wildman–Crippen MR) is 160 cm³/mol. The highest BCUT2D eigenvalue weighted by molar-refractivity contribution is 7.92. The number of sulfonamides is 1. The molecule has 0 bridgehead atoms. The summed E-state index contributed by atoms with van der Waals surface area (Å²) < 4.78 is 39.7. The lowest BCUT2D eigenvalue weighted by atomic mass is 10.1. The zero-order valence-electron chi connectivity index (χ0n) is 24.0. The van der Waals surface area contributed by atoms with Gasteiger partial charge in [0.2, 0.25) is 11.8 Å². The fourth-order valence-electron chi connectivity index (χ4n) is 4.16. The van der Waals surface area contributed by atoms with Crippen LogP contribution in [0.15, 0.2) is 71.6 Å². The molecule has 3 aromatic carbocycles. The molecule has 1 atom stereocenters. The number of hydrogen-bond donors (Lipinski definition) is 1. The van der Waals surface area contributed by atoms with Crippen LogP contribution in [0.25, 0.3) is 0 Å². The van der Waals surface area contributed by atoms with E-state index in [0.717, 1.165) is 9.87 Å². The van der Waals surface area contributed by atoms with Gasteiger partial charge in [-0.3, -0.25) is 13.9 Å². The number of nitrogens with one attached hydrogen (secondary N) is 1. The maximum absolute atomic E-state index is 14.1. The molecule has 0 saturated heterocycles. The van der Waals surface area contributed by atoms with Crippen molar-refractivity contribution in [1.29, 1.82) is 0 Å². The number of hydrogen-bond acceptors (Lipinski definition) is 6. The normalized spacial score (nSPS) is 12.0. The zero-order chi connectivity index (χ0) is 30.3. The minimum atomic E-state index is -4.27. The lowest BCUT2D eigenvalue weighted by Gasteiger charge is -2.32. The number of benzene rings is 3. The number of anilines is 1. The molecule has 0 heterocycles. The van der Waals surface area contributed by atoms with Crippen molar-refractivity contribution >= 4 is 39.1 Å². The molecule has 0 aliphatic heterocycles. The summed E-state index contributed by atoms with van der Waals surface area (Å²) in [6, 6.07) is 16.9. The second-order valence-corrected chi connectivity index (χ2v) is 12.2. The van der Waals surface area contributed by atoms with Crippen LogP contribution in [-0.4, -0.2) is 58.0 Å². The summed E-state index contributed by atoms with van der Waals surface area (Å²) in [6.07, 6.45) is 0. The Labute approximate surface area is 247 Å². The molecule has 41 heavy (non-hydrogen) atoms. The van der Waals surface area contributed by atoms with Crippen LogP contribution in [0.1, 0.15) is 31.9 Å². The van der Waals surface area contributed by atoms with E-state index in [9.17, 15) is 18.0 Å². The molecule has 0 saturated carbocycles. The van der Waals surface area contributed by atoms with E-state index < -0.39 is 28.5 Å². The first-order valence-electron chi connectivity index (χ1n) is 13.0. The summed E-state index contributed by atoms with van der Waals surface area (Å²) in [5, 5.41) is 3.31. The predicted octanol–water partition coefficient (Wildman–Crippen LogP) is 4.80. The molecule has 3 aromatic rings. The van der Waals surface area contributed by atoms with Crippen molar-refractivity contribution in [3.63, 3.8) is 0 Å². The number of aryl methyl sites for hydroxylation is 1. The first-order chi connectivity index (χ1) is 19.4. The van der Waals surface area contributed by atoms with Gasteiger partial charge in [0.25, 0.3) is 10.0 Å². The van der Waals surface area contributed by atoms with Gasteiger partial charge < -0.3 is 19.7 Å². The zero-order valence-corrected chi connectivity index (χ0v) is 25.6. The molecule has 220 valence electrons. The fourth-order valence-corrected chi connectivity index (χ4v) is 5.81. The molecule has 0 unspecified atom stereocenters. The molecule has 11 heteroatoms. The smallest absolute Gasteiger partial charge is 0.264 e. The van der Waals surface area contributed by atoms with Crippen molar-refractivity contribution in [2.75, 3.05) is 25.1 Å². The van der Waals surface area contributed by atoms with Crippen LogP contribution in [0.2, 0.25) is 5.02 Å². The first-order valence-corrected chi connectivity index (χ1v) is 14.8. The minimum absolute atomic E-state index is 0.0459. The Kier molecular flexibility index (Phi) is 10.6. The van der Waals surface area contributed by atoms with Crippen molar-refractivity contribution in [1.82, 2.24) is 10.2 Å². The van der Waals surface area contributed by atoms with Gasteiger partial charge in [0, 0.05) is 23.7 Å². The van der Waals surface area contributed by atoms with Crippen LogP contribution >= 0.6 is 11.6 Å². The monoisotopic (exact) mass is 601 g/mol. The van der Waals surface area contributed by atoms with Crippen LogP contribution in [0, 0.1) is 6.92 Å². The molecule has 0 aliphatic carbocycles. The highest BCUT2D eigenvalue weighted by Gasteiger charge is 2.33. The summed E-state index contributed by atoms with van der Waals surface area (Å²) >= 11 is 6.18. The third-order valence-electron chi connectivity index (χ3n) is 6.38. The van der Waals surface area contributed by atoms with Crippen molar-refractivity contribution in [2.24, 2.45) is 0 Å². The van der Waals surface area contributed by atoms with E-state index in [0.29, 0.717) is 22.0 Å². The topological polar surface area (TPSA) is 105 Å². The minimum Gasteiger partial charge on any atom is -0.493 e. The second-order valence-electron chi connectivity index (χ2n) is 9.85. The van der Waals surface area contributed by atoms with Gasteiger partial charge in [-0.1, -0.05) is 41.4 Å². The third kappa shape index (κ3) is 7.92. The van der Waals surface area contributed by atoms with Gasteiger partial charge >= 0.3 is 0 Å². The molecule has 2 amide bonds. The summed E-state index contributed by atoms with van der Waals surface area (Å²) in [5.74, 6) is -0.339. The Bertz CT molecular complexity index is 1480. The molecular weight excluding hydrogens is 566 g/mol. The van der Waals surface area contributed by atoms with Crippen molar-refractivity contribution in [2.45, 2.75) is 51.2 Å². The quantitative estimate of drug-likeness (QED) is 0.320. The lowest BCUT2D eigenvalue weighted by Crippen LogP contribution is -2.52. The molecular formula is C30H36ClN3O6S. The summed E-state index contributed by atoms with van der Waals surface area (Å²) in [6.45, 7) is 6.62. The Hall–Kier alpha value is -3.76. The molecule has 0 aliphatic rings. The Morgan fingerprint density at radius 1 is 0.927 bits per heavy atom. The van der Waals surface area contributed by atoms with Crippen molar-refractivity contribution in [3.8, 4) is 11.5 Å². The number of amides is 2. The summed E-state index contributed by atoms with van der Waals surface area (Å²) in [7, 11) is -1.41. The molecule has 9 nitrogen and oxygen atoms in total. The van der Waals surface area contributed by atoms with Gasteiger partial charge in [0.15, 0.2) is 11.5 Å². The van der Waals surface area contributed by atoms with E-state index in [1.807, 2.05) is 20.8 Å². The maximum Gasteiger partial charge on any atom is 0.264 e. The van der Waals surface area contributed by atoms with E-state index >= 15 is 0 Å². The van der Waals surface area contributed by atoms with Crippen molar-refractivity contribution in [3.05, 3.63) is 82.9 Å². The van der Waals surface area contributed by atoms with E-state index in [4.69, 9.17) is 21.1 Å². The second kappa shape index (κ2) is 13.7. The number of ether oxygens (including phenoxy) is 2. The number of methoxy groups -OCH3 is 2. The Morgan fingerprint density at radius 3 is 2.17 bits per heavy atom. The van der Waals surface area contributed by atoms with E-state index in [1.165, 1.54) is 37.3 Å². The third-order valence-corrected chi connectivity index (χ3v) is 8.39. The number of halogens is 1. The molecule has 1 N–H and O–H groups in total. The number of nitrogens with zero attached hydrogens (tertiary/aromatic N) is 2. The first kappa shape index (κ1) is 31.8. The molecule has 0 fully saturated rings. The highest BCUT2D eigenvalue weighted by atomic mass is 35.5. The molecule has 3 rings (SSSR count). The van der Waals surface area contributed by atoms with Gasteiger partial charge in [-0.25, -0.2) is 8.42 Å². The molecule has 0 aromatic heterocycles. The average Bonchev–Trinajstić information content (AvgIpc) is 2.93. The maximum atomic E-state index is 14.1. The molecule has 0 spiro atoms. The van der Waals surface area contributed by atoms with Crippen molar-refractivity contribution < 1.29 is 27.5 Å². The van der Waals surface area contributed by atoms with E-state index in [2.05, 4.69) is 5.32 Å². The van der Waals surface area contributed by atoms with Gasteiger partial charge in [-0.05, 0) is 69.7 Å². The van der Waals surface area contributed by atoms with E-state index in [-0.39, 0.29) is 29.1 Å². The fraction of sp³-hybridized carbons (Fsp3) is 0.333. The Balaban J connectivity index is 2.07. The van der Waals surface area contributed by atoms with Gasteiger partial charge in [0.05, 0.1) is 24.8 Å². The standard InChI is InChI=1S/C30H36ClN3O6S/c1-20(2)32-30(36)22(4)33(18-23-8-7-9-24(31)16-23)29(35)19-34(25-12-10-21(3)11-13-25)41(37,38)26-14-15-27(39-5)28(17-26)40-6/h7-17,20,22H,18-19H2,1-6H3,(H,32,36)/t22-/m1/s1. The number of rotatable bonds is 12. The SMILES string of the molecule is COc1ccc(S(=O)(=O)N(CC(=O)N(Cc2cccc(Cl)c2)[C@H](C)C(=O)NC(C)C)c2ccc(C)cc2)cc1OC. The van der Waals surface area contributed by atoms with E-state index in [1.54, 1.807) is 55.5 Å². The van der Waals surface area contributed by atoms with Gasteiger partial charge in [-0.15, -0.1) is 0 Å². The summed E-state index contributed by atoms with van der Waals surface area (Å²) in [5.41, 5.74) is 1.91. The van der Waals surface area contributed by atoms with Crippen LogP contribution in [0.5, 0.6) is 11.5 Å². The lowest BCUT2D eigenvalue weighted by molar-refractivity contribution is -0.139.